The Hall–Kier alpha value is -1.28. The van der Waals surface area contributed by atoms with Crippen molar-refractivity contribution in [1.82, 2.24) is 5.32 Å². The van der Waals surface area contributed by atoms with E-state index in [1.807, 2.05) is 27.2 Å². The third-order valence-electron chi connectivity index (χ3n) is 9.08. The summed E-state index contributed by atoms with van der Waals surface area (Å²) in [7, 11) is 1.23. The van der Waals surface area contributed by atoms with E-state index in [1.54, 1.807) is 6.08 Å². The third-order valence-corrected chi connectivity index (χ3v) is 10.0. The Morgan fingerprint density at radius 3 is 1.59 bits per heavy atom. The van der Waals surface area contributed by atoms with E-state index in [0.29, 0.717) is 17.4 Å². The molecule has 0 heterocycles. The lowest BCUT2D eigenvalue weighted by Crippen LogP contribution is -2.45. The summed E-state index contributed by atoms with van der Waals surface area (Å²) in [6.45, 7) is 4.58. The summed E-state index contributed by atoms with van der Waals surface area (Å²) < 4.78 is 23.1. The fourth-order valence-corrected chi connectivity index (χ4v) is 6.43. The van der Waals surface area contributed by atoms with Crippen LogP contribution in [0.2, 0.25) is 0 Å². The molecule has 3 atom stereocenters. The Kier molecular flexibility index (Phi) is 33.6. The standard InChI is InChI=1S/C42H81N2O6P/c1-6-8-10-12-14-16-18-20-22-24-26-28-30-32-34-36-42(46)43-40(39-50-51(47,48)49-38-37-44(3,4)5)41(45)35-33-31-29-27-25-23-21-19-17-15-13-11-9-7-2/h17,19,25,27,33,35,40-41,45H,6-16,18,20-24,26,28-32,34,36-39H2,1-5H3,(H-,43,46,47,48)/b19-17+,27-25+,35-33+. The lowest BCUT2D eigenvalue weighted by molar-refractivity contribution is -0.870. The van der Waals surface area contributed by atoms with E-state index in [0.717, 1.165) is 44.9 Å². The monoisotopic (exact) mass is 741 g/mol. The number of aliphatic hydroxyl groups is 1. The maximum Gasteiger partial charge on any atom is 0.268 e. The van der Waals surface area contributed by atoms with Crippen molar-refractivity contribution in [3.05, 3.63) is 36.5 Å². The summed E-state index contributed by atoms with van der Waals surface area (Å²) in [5, 5.41) is 13.7. The number of allylic oxidation sites excluding steroid dienone is 5. The van der Waals surface area contributed by atoms with Crippen LogP contribution in [-0.2, 0) is 18.4 Å². The largest absolute Gasteiger partial charge is 0.756 e. The minimum atomic E-state index is -4.59. The van der Waals surface area contributed by atoms with Crippen molar-refractivity contribution in [3.8, 4) is 0 Å². The molecule has 0 aliphatic heterocycles. The normalized spacial score (nSPS) is 14.9. The van der Waals surface area contributed by atoms with E-state index in [4.69, 9.17) is 9.05 Å². The number of phosphoric ester groups is 1. The van der Waals surface area contributed by atoms with Crippen molar-refractivity contribution in [3.63, 3.8) is 0 Å². The molecule has 0 aliphatic rings. The van der Waals surface area contributed by atoms with E-state index in [1.165, 1.54) is 109 Å². The van der Waals surface area contributed by atoms with Gasteiger partial charge in [0, 0.05) is 6.42 Å². The van der Waals surface area contributed by atoms with Gasteiger partial charge in [0.25, 0.3) is 7.82 Å². The van der Waals surface area contributed by atoms with Crippen molar-refractivity contribution in [2.24, 2.45) is 0 Å². The molecule has 0 radical (unpaired) electrons. The van der Waals surface area contributed by atoms with Crippen molar-refractivity contribution in [2.45, 2.75) is 187 Å². The number of carbonyl (C=O) groups is 1. The molecule has 1 amide bonds. The number of rotatable bonds is 37. The summed E-state index contributed by atoms with van der Waals surface area (Å²) in [5.41, 5.74) is 0. The summed E-state index contributed by atoms with van der Waals surface area (Å²) >= 11 is 0. The van der Waals surface area contributed by atoms with Crippen LogP contribution in [0.1, 0.15) is 174 Å². The molecule has 0 fully saturated rings. The van der Waals surface area contributed by atoms with E-state index in [-0.39, 0.29) is 12.5 Å². The van der Waals surface area contributed by atoms with Gasteiger partial charge in [-0.3, -0.25) is 9.36 Å². The number of carbonyl (C=O) groups excluding carboxylic acids is 1. The summed E-state index contributed by atoms with van der Waals surface area (Å²) in [6, 6.07) is -0.904. The second kappa shape index (κ2) is 34.5. The first kappa shape index (κ1) is 49.7. The van der Waals surface area contributed by atoms with Gasteiger partial charge in [0.05, 0.1) is 39.9 Å². The van der Waals surface area contributed by atoms with Crippen LogP contribution >= 0.6 is 7.82 Å². The highest BCUT2D eigenvalue weighted by Gasteiger charge is 2.23. The zero-order valence-corrected chi connectivity index (χ0v) is 34.7. The predicted octanol–water partition coefficient (Wildman–Crippen LogP) is 10.5. The van der Waals surface area contributed by atoms with Crippen molar-refractivity contribution >= 4 is 13.7 Å². The van der Waals surface area contributed by atoms with Gasteiger partial charge in [-0.15, -0.1) is 0 Å². The summed E-state index contributed by atoms with van der Waals surface area (Å²) in [6.07, 6.45) is 40.4. The van der Waals surface area contributed by atoms with Crippen LogP contribution in [0.4, 0.5) is 0 Å². The van der Waals surface area contributed by atoms with Crippen molar-refractivity contribution < 1.29 is 32.9 Å². The van der Waals surface area contributed by atoms with Crippen LogP contribution in [0.15, 0.2) is 36.5 Å². The minimum Gasteiger partial charge on any atom is -0.756 e. The molecule has 0 bridgehead atoms. The summed E-state index contributed by atoms with van der Waals surface area (Å²) in [4.78, 5) is 25.2. The van der Waals surface area contributed by atoms with Crippen LogP contribution < -0.4 is 10.2 Å². The van der Waals surface area contributed by atoms with E-state index < -0.39 is 26.6 Å². The molecular weight excluding hydrogens is 659 g/mol. The lowest BCUT2D eigenvalue weighted by atomic mass is 10.0. The molecule has 300 valence electrons. The average molecular weight is 741 g/mol. The van der Waals surface area contributed by atoms with Gasteiger partial charge in [-0.25, -0.2) is 0 Å². The molecule has 0 aromatic rings. The molecular formula is C42H81N2O6P. The molecule has 3 unspecified atom stereocenters. The average Bonchev–Trinajstić information content (AvgIpc) is 3.07. The smallest absolute Gasteiger partial charge is 0.268 e. The number of aliphatic hydroxyl groups excluding tert-OH is 1. The van der Waals surface area contributed by atoms with Gasteiger partial charge >= 0.3 is 0 Å². The van der Waals surface area contributed by atoms with Gasteiger partial charge in [-0.05, 0) is 44.9 Å². The third kappa shape index (κ3) is 36.9. The molecule has 0 spiro atoms. The second-order valence-electron chi connectivity index (χ2n) is 15.3. The number of hydrogen-bond donors (Lipinski definition) is 2. The van der Waals surface area contributed by atoms with E-state index in [9.17, 15) is 19.4 Å². The highest BCUT2D eigenvalue weighted by molar-refractivity contribution is 7.45. The molecule has 0 saturated carbocycles. The van der Waals surface area contributed by atoms with E-state index >= 15 is 0 Å². The molecule has 9 heteroatoms. The molecule has 0 aromatic carbocycles. The van der Waals surface area contributed by atoms with Crippen LogP contribution in [0, 0.1) is 0 Å². The zero-order chi connectivity index (χ0) is 37.9. The molecule has 51 heavy (non-hydrogen) atoms. The fourth-order valence-electron chi connectivity index (χ4n) is 5.71. The highest BCUT2D eigenvalue weighted by atomic mass is 31.2. The predicted molar refractivity (Wildman–Crippen MR) is 215 cm³/mol. The van der Waals surface area contributed by atoms with E-state index in [2.05, 4.69) is 43.5 Å². The quantitative estimate of drug-likeness (QED) is 0.0284. The number of nitrogens with zero attached hydrogens (tertiary/aromatic N) is 1. The minimum absolute atomic E-state index is 0.00813. The molecule has 8 nitrogen and oxygen atoms in total. The van der Waals surface area contributed by atoms with Gasteiger partial charge in [0.1, 0.15) is 13.2 Å². The highest BCUT2D eigenvalue weighted by Crippen LogP contribution is 2.38. The molecule has 0 aliphatic carbocycles. The first-order valence-corrected chi connectivity index (χ1v) is 22.3. The zero-order valence-electron chi connectivity index (χ0n) is 33.8. The first-order valence-electron chi connectivity index (χ1n) is 20.9. The molecule has 2 N–H and O–H groups in total. The number of phosphoric acid groups is 1. The maximum atomic E-state index is 12.8. The maximum absolute atomic E-state index is 12.8. The van der Waals surface area contributed by atoms with Crippen molar-refractivity contribution in [2.75, 3.05) is 40.9 Å². The van der Waals surface area contributed by atoms with Gasteiger partial charge in [0.2, 0.25) is 5.91 Å². The number of likely N-dealkylation sites (N-methyl/N-ethyl adjacent to an activating group) is 1. The SMILES string of the molecule is CCCCCC/C=C/CC/C=C/CC/C=C/C(O)C(COP(=O)([O-])OCC[N+](C)(C)C)NC(=O)CCCCCCCCCCCCCCCCC. The Bertz CT molecular complexity index is 933. The van der Waals surface area contributed by atoms with Crippen LogP contribution in [0.5, 0.6) is 0 Å². The van der Waals surface area contributed by atoms with Gasteiger partial charge < -0.3 is 28.8 Å². The van der Waals surface area contributed by atoms with Crippen molar-refractivity contribution in [1.29, 1.82) is 0 Å². The second-order valence-corrected chi connectivity index (χ2v) is 16.7. The van der Waals surface area contributed by atoms with Gasteiger partial charge in [-0.1, -0.05) is 159 Å². The molecule has 0 saturated heterocycles. The lowest BCUT2D eigenvalue weighted by Gasteiger charge is -2.29. The fraction of sp³-hybridized carbons (Fsp3) is 0.833. The number of unbranched alkanes of at least 4 members (excludes halogenated alkanes) is 20. The van der Waals surface area contributed by atoms with Crippen LogP contribution in [-0.4, -0.2) is 68.5 Å². The Morgan fingerprint density at radius 1 is 0.667 bits per heavy atom. The topological polar surface area (TPSA) is 108 Å². The van der Waals surface area contributed by atoms with Crippen LogP contribution in [0.3, 0.4) is 0 Å². The number of quaternary nitrogens is 1. The van der Waals surface area contributed by atoms with Gasteiger partial charge in [0.15, 0.2) is 0 Å². The van der Waals surface area contributed by atoms with Gasteiger partial charge in [-0.2, -0.15) is 0 Å². The van der Waals surface area contributed by atoms with Crippen LogP contribution in [0.25, 0.3) is 0 Å². The number of amides is 1. The first-order chi connectivity index (χ1) is 24.5. The number of hydrogen-bond acceptors (Lipinski definition) is 6. The summed E-state index contributed by atoms with van der Waals surface area (Å²) in [5.74, 6) is -0.213. The Morgan fingerprint density at radius 2 is 1.10 bits per heavy atom. The molecule has 0 rings (SSSR count). The number of nitrogens with one attached hydrogen (secondary N) is 1. The molecule has 0 aromatic heterocycles. The Balaban J connectivity index is 4.54. The Labute approximate surface area is 315 Å².